The molecule has 0 bridgehead atoms. The van der Waals surface area contributed by atoms with Crippen LogP contribution in [0.1, 0.15) is 35.2 Å². The highest BCUT2D eigenvalue weighted by Crippen LogP contribution is 2.18. The molecular weight excluding hydrogens is 260 g/mol. The minimum atomic E-state index is -0.160. The summed E-state index contributed by atoms with van der Waals surface area (Å²) in [5, 5.41) is 5.64. The van der Waals surface area contributed by atoms with Crippen LogP contribution in [-0.4, -0.2) is 24.4 Å². The van der Waals surface area contributed by atoms with Gasteiger partial charge >= 0.3 is 0 Å². The van der Waals surface area contributed by atoms with E-state index in [2.05, 4.69) is 23.3 Å². The molecule has 1 aliphatic carbocycles. The normalized spacial score (nSPS) is 14.0. The van der Waals surface area contributed by atoms with E-state index in [1.165, 1.54) is 0 Å². The number of benzene rings is 1. The zero-order valence-electron chi connectivity index (χ0n) is 10.9. The van der Waals surface area contributed by atoms with E-state index < -0.39 is 0 Å². The van der Waals surface area contributed by atoms with Gasteiger partial charge in [0, 0.05) is 29.5 Å². The van der Waals surface area contributed by atoms with Crippen molar-refractivity contribution in [2.45, 2.75) is 37.1 Å². The fourth-order valence-corrected chi connectivity index (χ4v) is 1.97. The van der Waals surface area contributed by atoms with Crippen LogP contribution in [-0.2, 0) is 4.79 Å². The van der Waals surface area contributed by atoms with Gasteiger partial charge in [0.15, 0.2) is 0 Å². The second-order valence-electron chi connectivity index (χ2n) is 4.85. The van der Waals surface area contributed by atoms with Crippen LogP contribution in [0.2, 0.25) is 0 Å². The van der Waals surface area contributed by atoms with Gasteiger partial charge in [0.05, 0.1) is 0 Å². The molecular formula is C14H18N2O2S. The maximum atomic E-state index is 12.0. The molecule has 0 atom stereocenters. The SMILES string of the molecule is Cc1ccc(S)cc1C(=O)NCCC(=O)NC1CC1. The summed E-state index contributed by atoms with van der Waals surface area (Å²) in [7, 11) is 0. The molecule has 0 heterocycles. The first-order valence-electron chi connectivity index (χ1n) is 6.43. The predicted octanol–water partition coefficient (Wildman–Crippen LogP) is 1.68. The highest BCUT2D eigenvalue weighted by atomic mass is 32.1. The van der Waals surface area contributed by atoms with Crippen molar-refractivity contribution in [3.05, 3.63) is 29.3 Å². The fourth-order valence-electron chi connectivity index (χ4n) is 1.77. The van der Waals surface area contributed by atoms with Crippen LogP contribution in [0, 0.1) is 6.92 Å². The highest BCUT2D eigenvalue weighted by molar-refractivity contribution is 7.80. The number of carbonyl (C=O) groups excluding carboxylic acids is 2. The number of rotatable bonds is 5. The average Bonchev–Trinajstić information content (AvgIpc) is 3.16. The molecule has 4 nitrogen and oxygen atoms in total. The van der Waals surface area contributed by atoms with Crippen LogP contribution in [0.5, 0.6) is 0 Å². The lowest BCUT2D eigenvalue weighted by molar-refractivity contribution is -0.121. The molecule has 19 heavy (non-hydrogen) atoms. The summed E-state index contributed by atoms with van der Waals surface area (Å²) in [6.07, 6.45) is 2.47. The van der Waals surface area contributed by atoms with E-state index in [9.17, 15) is 9.59 Å². The Balaban J connectivity index is 1.80. The quantitative estimate of drug-likeness (QED) is 0.718. The first-order valence-corrected chi connectivity index (χ1v) is 6.88. The Hall–Kier alpha value is -1.49. The Morgan fingerprint density at radius 2 is 2.11 bits per heavy atom. The second kappa shape index (κ2) is 6.10. The molecule has 0 spiro atoms. The molecule has 0 aromatic heterocycles. The molecule has 1 aromatic rings. The van der Waals surface area contributed by atoms with E-state index in [1.54, 1.807) is 6.07 Å². The first kappa shape index (κ1) is 13.9. The smallest absolute Gasteiger partial charge is 0.251 e. The second-order valence-corrected chi connectivity index (χ2v) is 5.36. The molecule has 0 unspecified atom stereocenters. The zero-order valence-corrected chi connectivity index (χ0v) is 11.8. The Morgan fingerprint density at radius 1 is 1.37 bits per heavy atom. The third-order valence-electron chi connectivity index (χ3n) is 3.05. The first-order chi connectivity index (χ1) is 9.06. The van der Waals surface area contributed by atoms with Crippen molar-refractivity contribution in [3.8, 4) is 0 Å². The van der Waals surface area contributed by atoms with Gasteiger partial charge < -0.3 is 10.6 Å². The monoisotopic (exact) mass is 278 g/mol. The topological polar surface area (TPSA) is 58.2 Å². The number of nitrogens with one attached hydrogen (secondary N) is 2. The summed E-state index contributed by atoms with van der Waals surface area (Å²) in [5.74, 6) is -0.157. The number of thiol groups is 1. The number of carbonyl (C=O) groups is 2. The Morgan fingerprint density at radius 3 is 2.79 bits per heavy atom. The summed E-state index contributed by atoms with van der Waals surface area (Å²) in [4.78, 5) is 24.2. The lowest BCUT2D eigenvalue weighted by atomic mass is 10.1. The van der Waals surface area contributed by atoms with Gasteiger partial charge in [-0.2, -0.15) is 0 Å². The molecule has 1 aromatic carbocycles. The van der Waals surface area contributed by atoms with Crippen LogP contribution in [0.3, 0.4) is 0 Å². The Bertz CT molecular complexity index is 498. The summed E-state index contributed by atoms with van der Waals surface area (Å²) >= 11 is 4.22. The van der Waals surface area contributed by atoms with Crippen LogP contribution in [0.15, 0.2) is 23.1 Å². The summed E-state index contributed by atoms with van der Waals surface area (Å²) in [6, 6.07) is 5.80. The molecule has 2 N–H and O–H groups in total. The maximum absolute atomic E-state index is 12.0. The van der Waals surface area contributed by atoms with Gasteiger partial charge in [-0.1, -0.05) is 6.07 Å². The van der Waals surface area contributed by atoms with Gasteiger partial charge in [-0.25, -0.2) is 0 Å². The molecule has 1 fully saturated rings. The molecule has 102 valence electrons. The van der Waals surface area contributed by atoms with E-state index in [0.29, 0.717) is 24.6 Å². The van der Waals surface area contributed by atoms with Crippen molar-refractivity contribution >= 4 is 24.4 Å². The van der Waals surface area contributed by atoms with Gasteiger partial charge in [0.2, 0.25) is 5.91 Å². The van der Waals surface area contributed by atoms with Crippen LogP contribution in [0.25, 0.3) is 0 Å². The number of amides is 2. The Labute approximate surface area is 118 Å². The van der Waals surface area contributed by atoms with Crippen LogP contribution < -0.4 is 10.6 Å². The zero-order chi connectivity index (χ0) is 13.8. The maximum Gasteiger partial charge on any atom is 0.251 e. The standard InChI is InChI=1S/C14H18N2O2S/c1-9-2-5-11(19)8-12(9)14(18)15-7-6-13(17)16-10-3-4-10/h2,5,8,10,19H,3-4,6-7H2,1H3,(H,15,18)(H,16,17). The van der Waals surface area contributed by atoms with Crippen molar-refractivity contribution in [2.75, 3.05) is 6.54 Å². The van der Waals surface area contributed by atoms with Crippen molar-refractivity contribution in [1.82, 2.24) is 10.6 Å². The average molecular weight is 278 g/mol. The molecule has 0 saturated heterocycles. The van der Waals surface area contributed by atoms with Gasteiger partial charge in [-0.15, -0.1) is 12.6 Å². The third kappa shape index (κ3) is 4.28. The predicted molar refractivity (Wildman–Crippen MR) is 76.5 cm³/mol. The van der Waals surface area contributed by atoms with E-state index in [1.807, 2.05) is 19.1 Å². The van der Waals surface area contributed by atoms with Crippen LogP contribution in [0.4, 0.5) is 0 Å². The van der Waals surface area contributed by atoms with Gasteiger partial charge in [0.25, 0.3) is 5.91 Å². The van der Waals surface area contributed by atoms with Crippen LogP contribution >= 0.6 is 12.6 Å². The lowest BCUT2D eigenvalue weighted by Gasteiger charge is -2.08. The summed E-state index contributed by atoms with van der Waals surface area (Å²) < 4.78 is 0. The van der Waals surface area contributed by atoms with E-state index in [0.717, 1.165) is 23.3 Å². The molecule has 1 aliphatic rings. The van der Waals surface area contributed by atoms with E-state index in [-0.39, 0.29) is 11.8 Å². The number of hydrogen-bond donors (Lipinski definition) is 3. The van der Waals surface area contributed by atoms with Gasteiger partial charge in [0.1, 0.15) is 0 Å². The fraction of sp³-hybridized carbons (Fsp3) is 0.429. The van der Waals surface area contributed by atoms with E-state index in [4.69, 9.17) is 0 Å². The van der Waals surface area contributed by atoms with Crippen molar-refractivity contribution in [3.63, 3.8) is 0 Å². The largest absolute Gasteiger partial charge is 0.353 e. The highest BCUT2D eigenvalue weighted by Gasteiger charge is 2.22. The molecule has 2 rings (SSSR count). The minimum Gasteiger partial charge on any atom is -0.353 e. The molecule has 0 aliphatic heterocycles. The van der Waals surface area contributed by atoms with Gasteiger partial charge in [-0.05, 0) is 37.5 Å². The van der Waals surface area contributed by atoms with Gasteiger partial charge in [-0.3, -0.25) is 9.59 Å². The van der Waals surface area contributed by atoms with Crippen molar-refractivity contribution < 1.29 is 9.59 Å². The molecule has 0 radical (unpaired) electrons. The summed E-state index contributed by atoms with van der Waals surface area (Å²) in [6.45, 7) is 2.23. The van der Waals surface area contributed by atoms with Crippen molar-refractivity contribution in [2.24, 2.45) is 0 Å². The van der Waals surface area contributed by atoms with Crippen molar-refractivity contribution in [1.29, 1.82) is 0 Å². The minimum absolute atomic E-state index is 0.00229. The third-order valence-corrected chi connectivity index (χ3v) is 3.32. The Kier molecular flexibility index (Phi) is 4.47. The number of aryl methyl sites for hydroxylation is 1. The number of hydrogen-bond acceptors (Lipinski definition) is 3. The molecule has 2 amide bonds. The molecule has 1 saturated carbocycles. The lowest BCUT2D eigenvalue weighted by Crippen LogP contribution is -2.31. The summed E-state index contributed by atoms with van der Waals surface area (Å²) in [5.41, 5.74) is 1.51. The molecule has 5 heteroatoms. The van der Waals surface area contributed by atoms with E-state index >= 15 is 0 Å².